The van der Waals surface area contributed by atoms with Gasteiger partial charge in [-0.2, -0.15) is 0 Å². The van der Waals surface area contributed by atoms with Crippen LogP contribution in [-0.4, -0.2) is 18.3 Å². The van der Waals surface area contributed by atoms with Gasteiger partial charge in [-0.05, 0) is 12.5 Å². The van der Waals surface area contributed by atoms with Crippen molar-refractivity contribution in [1.82, 2.24) is 0 Å². The molecule has 92 valence electrons. The average molecular weight is 234 g/mol. The fourth-order valence-corrected chi connectivity index (χ4v) is 1.57. The van der Waals surface area contributed by atoms with Crippen molar-refractivity contribution >= 4 is 11.0 Å². The standard InChI is InChI=1S/C14H18O3/c1-10-5-4-6-11-7-12(17-13(10)11)16-9-14(2,3)8-15/h4-7,15H,8-9H2,1-3H3. The monoisotopic (exact) mass is 234 g/mol. The zero-order valence-electron chi connectivity index (χ0n) is 10.5. The molecule has 1 aromatic heterocycles. The third kappa shape index (κ3) is 2.61. The zero-order valence-corrected chi connectivity index (χ0v) is 10.5. The van der Waals surface area contributed by atoms with Crippen molar-refractivity contribution in [2.45, 2.75) is 20.8 Å². The molecule has 0 saturated heterocycles. The molecule has 1 N–H and O–H groups in total. The SMILES string of the molecule is Cc1cccc2cc(OCC(C)(C)CO)oc12. The van der Waals surface area contributed by atoms with Crippen LogP contribution in [0.5, 0.6) is 5.95 Å². The Labute approximate surface area is 101 Å². The van der Waals surface area contributed by atoms with Crippen LogP contribution in [0.3, 0.4) is 0 Å². The minimum Gasteiger partial charge on any atom is -0.464 e. The maximum atomic E-state index is 9.15. The first kappa shape index (κ1) is 12.0. The van der Waals surface area contributed by atoms with Crippen molar-refractivity contribution in [3.8, 4) is 5.95 Å². The molecule has 2 aromatic rings. The molecule has 0 spiro atoms. The van der Waals surface area contributed by atoms with Gasteiger partial charge in [0.15, 0.2) is 0 Å². The van der Waals surface area contributed by atoms with Gasteiger partial charge in [-0.15, -0.1) is 0 Å². The lowest BCUT2D eigenvalue weighted by Crippen LogP contribution is -2.25. The van der Waals surface area contributed by atoms with Crippen LogP contribution in [0.2, 0.25) is 0 Å². The zero-order chi connectivity index (χ0) is 12.5. The molecule has 17 heavy (non-hydrogen) atoms. The summed E-state index contributed by atoms with van der Waals surface area (Å²) in [4.78, 5) is 0. The molecule has 0 bridgehead atoms. The minimum absolute atomic E-state index is 0.0895. The number of benzene rings is 1. The van der Waals surface area contributed by atoms with Gasteiger partial charge in [0, 0.05) is 16.9 Å². The highest BCUT2D eigenvalue weighted by molar-refractivity contribution is 5.81. The van der Waals surface area contributed by atoms with E-state index < -0.39 is 0 Å². The molecule has 0 aliphatic heterocycles. The summed E-state index contributed by atoms with van der Waals surface area (Å²) in [6.45, 7) is 6.42. The largest absolute Gasteiger partial charge is 0.464 e. The topological polar surface area (TPSA) is 42.6 Å². The van der Waals surface area contributed by atoms with Gasteiger partial charge in [0.05, 0.1) is 13.2 Å². The number of aryl methyl sites for hydroxylation is 1. The fraction of sp³-hybridized carbons (Fsp3) is 0.429. The molecule has 0 unspecified atom stereocenters. The van der Waals surface area contributed by atoms with E-state index in [1.807, 2.05) is 45.0 Å². The molecule has 2 rings (SSSR count). The van der Waals surface area contributed by atoms with Crippen LogP contribution in [-0.2, 0) is 0 Å². The summed E-state index contributed by atoms with van der Waals surface area (Å²) in [7, 11) is 0. The summed E-state index contributed by atoms with van der Waals surface area (Å²) < 4.78 is 11.2. The summed E-state index contributed by atoms with van der Waals surface area (Å²) in [5.74, 6) is 0.510. The van der Waals surface area contributed by atoms with Crippen LogP contribution in [0.1, 0.15) is 19.4 Å². The molecule has 3 heteroatoms. The highest BCUT2D eigenvalue weighted by atomic mass is 16.6. The van der Waals surface area contributed by atoms with Crippen LogP contribution in [0.4, 0.5) is 0 Å². The Bertz CT molecular complexity index is 511. The van der Waals surface area contributed by atoms with E-state index in [-0.39, 0.29) is 12.0 Å². The van der Waals surface area contributed by atoms with Crippen LogP contribution in [0, 0.1) is 12.3 Å². The molecule has 0 aliphatic carbocycles. The summed E-state index contributed by atoms with van der Waals surface area (Å²) >= 11 is 0. The molecular weight excluding hydrogens is 216 g/mol. The van der Waals surface area contributed by atoms with E-state index in [1.54, 1.807) is 0 Å². The maximum Gasteiger partial charge on any atom is 0.285 e. The molecule has 0 fully saturated rings. The number of fused-ring (bicyclic) bond motifs is 1. The number of ether oxygens (including phenoxy) is 1. The van der Waals surface area contributed by atoms with E-state index >= 15 is 0 Å². The predicted octanol–water partition coefficient (Wildman–Crippen LogP) is 3.14. The number of aliphatic hydroxyl groups excluding tert-OH is 1. The Morgan fingerprint density at radius 1 is 1.35 bits per heavy atom. The van der Waals surface area contributed by atoms with E-state index in [9.17, 15) is 0 Å². The first-order chi connectivity index (χ1) is 8.02. The Morgan fingerprint density at radius 2 is 2.12 bits per heavy atom. The lowest BCUT2D eigenvalue weighted by molar-refractivity contribution is 0.0849. The minimum atomic E-state index is -0.256. The number of para-hydroxylation sites is 1. The molecule has 3 nitrogen and oxygen atoms in total. The molecule has 0 aliphatic rings. The predicted molar refractivity (Wildman–Crippen MR) is 67.3 cm³/mol. The van der Waals surface area contributed by atoms with E-state index in [0.717, 1.165) is 16.5 Å². The van der Waals surface area contributed by atoms with Gasteiger partial charge >= 0.3 is 0 Å². The smallest absolute Gasteiger partial charge is 0.285 e. The first-order valence-corrected chi connectivity index (χ1v) is 5.75. The molecule has 1 aromatic carbocycles. The first-order valence-electron chi connectivity index (χ1n) is 5.75. The van der Waals surface area contributed by atoms with E-state index in [4.69, 9.17) is 14.3 Å². The Kier molecular flexibility index (Phi) is 3.11. The van der Waals surface area contributed by atoms with Crippen molar-refractivity contribution in [2.75, 3.05) is 13.2 Å². The Balaban J connectivity index is 2.18. The number of rotatable bonds is 4. The van der Waals surface area contributed by atoms with Gasteiger partial charge in [-0.25, -0.2) is 0 Å². The normalized spacial score (nSPS) is 12.0. The molecule has 0 radical (unpaired) electrons. The molecule has 0 atom stereocenters. The highest BCUT2D eigenvalue weighted by Crippen LogP contribution is 2.28. The van der Waals surface area contributed by atoms with E-state index in [1.165, 1.54) is 0 Å². The van der Waals surface area contributed by atoms with E-state index in [2.05, 4.69) is 0 Å². The van der Waals surface area contributed by atoms with Crippen molar-refractivity contribution in [3.05, 3.63) is 29.8 Å². The van der Waals surface area contributed by atoms with Gasteiger partial charge in [-0.1, -0.05) is 32.0 Å². The lowest BCUT2D eigenvalue weighted by atomic mass is 9.97. The second-order valence-corrected chi connectivity index (χ2v) is 5.17. The summed E-state index contributed by atoms with van der Waals surface area (Å²) in [5, 5.41) is 10.2. The van der Waals surface area contributed by atoms with Crippen LogP contribution < -0.4 is 4.74 Å². The van der Waals surface area contributed by atoms with Crippen molar-refractivity contribution in [2.24, 2.45) is 5.41 Å². The lowest BCUT2D eigenvalue weighted by Gasteiger charge is -2.20. The van der Waals surface area contributed by atoms with E-state index in [0.29, 0.717) is 12.6 Å². The molecular formula is C14H18O3. The quantitative estimate of drug-likeness (QED) is 0.883. The summed E-state index contributed by atoms with van der Waals surface area (Å²) in [6, 6.07) is 7.88. The van der Waals surface area contributed by atoms with Gasteiger partial charge < -0.3 is 14.3 Å². The van der Waals surface area contributed by atoms with Crippen molar-refractivity contribution in [3.63, 3.8) is 0 Å². The summed E-state index contributed by atoms with van der Waals surface area (Å²) in [6.07, 6.45) is 0. The number of hydrogen-bond acceptors (Lipinski definition) is 3. The molecule has 0 saturated carbocycles. The van der Waals surface area contributed by atoms with Crippen LogP contribution in [0.15, 0.2) is 28.7 Å². The third-order valence-corrected chi connectivity index (χ3v) is 2.75. The fourth-order valence-electron chi connectivity index (χ4n) is 1.57. The average Bonchev–Trinajstić information content (AvgIpc) is 2.71. The van der Waals surface area contributed by atoms with Gasteiger partial charge in [-0.3, -0.25) is 0 Å². The Morgan fingerprint density at radius 3 is 2.76 bits per heavy atom. The van der Waals surface area contributed by atoms with Crippen molar-refractivity contribution < 1.29 is 14.3 Å². The van der Waals surface area contributed by atoms with Gasteiger partial charge in [0.25, 0.3) is 5.95 Å². The number of furan rings is 1. The number of aliphatic hydroxyl groups is 1. The van der Waals surface area contributed by atoms with Gasteiger partial charge in [0.2, 0.25) is 0 Å². The summed E-state index contributed by atoms with van der Waals surface area (Å²) in [5.41, 5.74) is 1.71. The van der Waals surface area contributed by atoms with Crippen LogP contribution >= 0.6 is 0 Å². The molecule has 0 amide bonds. The van der Waals surface area contributed by atoms with Crippen molar-refractivity contribution in [1.29, 1.82) is 0 Å². The molecule has 1 heterocycles. The third-order valence-electron chi connectivity index (χ3n) is 2.75. The van der Waals surface area contributed by atoms with Crippen LogP contribution in [0.25, 0.3) is 11.0 Å². The Hall–Kier alpha value is -1.48. The number of hydrogen-bond donors (Lipinski definition) is 1. The second kappa shape index (κ2) is 4.41. The highest BCUT2D eigenvalue weighted by Gasteiger charge is 2.18. The second-order valence-electron chi connectivity index (χ2n) is 5.17. The maximum absolute atomic E-state index is 9.15. The van der Waals surface area contributed by atoms with Gasteiger partial charge in [0.1, 0.15) is 5.58 Å².